The van der Waals surface area contributed by atoms with E-state index in [9.17, 15) is 35.9 Å². The molecule has 1 fully saturated rings. The number of thiocarbonyl (C=S) groups is 1. The highest BCUT2D eigenvalue weighted by atomic mass is 32.1. The summed E-state index contributed by atoms with van der Waals surface area (Å²) in [5.74, 6) is -3.19. The average Bonchev–Trinajstić information content (AvgIpc) is 2.54. The van der Waals surface area contributed by atoms with Crippen LogP contribution in [0.3, 0.4) is 0 Å². The minimum absolute atomic E-state index is 0.492. The lowest BCUT2D eigenvalue weighted by Gasteiger charge is -2.37. The van der Waals surface area contributed by atoms with Crippen LogP contribution in [-0.4, -0.2) is 53.1 Å². The van der Waals surface area contributed by atoms with Gasteiger partial charge in [0, 0.05) is 0 Å². The van der Waals surface area contributed by atoms with E-state index in [2.05, 4.69) is 21.9 Å². The third-order valence-corrected chi connectivity index (χ3v) is 2.38. The van der Waals surface area contributed by atoms with Crippen LogP contribution >= 0.6 is 12.2 Å². The van der Waals surface area contributed by atoms with Crippen LogP contribution in [0, 0.1) is 0 Å². The number of carbonyl (C=O) groups is 2. The molecule has 0 aliphatic carbocycles. The van der Waals surface area contributed by atoms with Crippen LogP contribution in [-0.2, 0) is 14.3 Å². The number of esters is 1. The Morgan fingerprint density at radius 1 is 1.35 bits per heavy atom. The highest BCUT2D eigenvalue weighted by Crippen LogP contribution is 2.50. The molecule has 1 aliphatic rings. The van der Waals surface area contributed by atoms with Crippen molar-refractivity contribution in [2.24, 2.45) is 4.99 Å². The average molecular weight is 322 g/mol. The topological polar surface area (TPSA) is 59.0 Å². The van der Waals surface area contributed by atoms with Gasteiger partial charge >= 0.3 is 24.0 Å². The molecule has 0 atom stereocenters. The summed E-state index contributed by atoms with van der Waals surface area (Å²) in [6.07, 6.45) is -12.0. The van der Waals surface area contributed by atoms with Gasteiger partial charge in [-0.25, -0.2) is 4.90 Å². The number of hydrogen-bond acceptors (Lipinski definition) is 5. The molecule has 0 radical (unpaired) electrons. The second-order valence-corrected chi connectivity index (χ2v) is 3.75. The first-order valence-corrected chi connectivity index (χ1v) is 5.07. The van der Waals surface area contributed by atoms with Crippen molar-refractivity contribution in [1.82, 2.24) is 4.90 Å². The number of hydrogen-bond donors (Lipinski definition) is 0. The van der Waals surface area contributed by atoms with E-state index in [0.29, 0.717) is 0 Å². The Hall–Kier alpha value is -1.52. The van der Waals surface area contributed by atoms with Crippen molar-refractivity contribution in [3.8, 4) is 0 Å². The van der Waals surface area contributed by atoms with Crippen molar-refractivity contribution >= 4 is 29.3 Å². The van der Waals surface area contributed by atoms with Gasteiger partial charge in [-0.05, 0) is 12.2 Å². The normalized spacial score (nSPS) is 19.4. The van der Waals surface area contributed by atoms with Gasteiger partial charge in [-0.1, -0.05) is 0 Å². The first-order valence-electron chi connectivity index (χ1n) is 4.66. The Morgan fingerprint density at radius 2 is 1.85 bits per heavy atom. The summed E-state index contributed by atoms with van der Waals surface area (Å²) in [6.45, 7) is -2.81. The zero-order valence-corrected chi connectivity index (χ0v) is 10.0. The molecule has 0 unspecified atom stereocenters. The van der Waals surface area contributed by atoms with Gasteiger partial charge in [0.05, 0.1) is 11.7 Å². The van der Waals surface area contributed by atoms with Crippen LogP contribution < -0.4 is 0 Å². The molecular formula is C8H4F6N2O3S. The Kier molecular flexibility index (Phi) is 4.22. The third-order valence-electron chi connectivity index (χ3n) is 2.29. The second kappa shape index (κ2) is 5.11. The first kappa shape index (κ1) is 16.5. The molecule has 0 bridgehead atoms. The van der Waals surface area contributed by atoms with Crippen molar-refractivity contribution in [1.29, 1.82) is 0 Å². The van der Waals surface area contributed by atoms with Gasteiger partial charge in [-0.3, -0.25) is 9.59 Å². The maximum atomic E-state index is 12.8. The van der Waals surface area contributed by atoms with E-state index in [-0.39, 0.29) is 0 Å². The molecule has 0 N–H and O–H groups in total. The Labute approximate surface area is 112 Å². The molecule has 0 spiro atoms. The van der Waals surface area contributed by atoms with Crippen molar-refractivity contribution in [3.63, 3.8) is 0 Å². The molecule has 1 aliphatic heterocycles. The first-order chi connectivity index (χ1) is 8.95. The lowest BCUT2D eigenvalue weighted by Crippen LogP contribution is -2.66. The van der Waals surface area contributed by atoms with Gasteiger partial charge in [-0.2, -0.15) is 31.3 Å². The van der Waals surface area contributed by atoms with Gasteiger partial charge in [-0.15, -0.1) is 0 Å². The molecule has 1 amide bonds. The van der Waals surface area contributed by atoms with Gasteiger partial charge in [0.15, 0.2) is 0 Å². The number of ether oxygens (including phenoxy) is 1. The number of aliphatic imine (C=N–C) groups is 1. The van der Waals surface area contributed by atoms with Gasteiger partial charge in [0.2, 0.25) is 0 Å². The molecule has 0 aromatic carbocycles. The Bertz CT molecular complexity index is 468. The zero-order chi connectivity index (χ0) is 15.8. The van der Waals surface area contributed by atoms with Crippen LogP contribution in [0.4, 0.5) is 26.3 Å². The smallest absolute Gasteiger partial charge is 0.424 e. The van der Waals surface area contributed by atoms with E-state index in [1.54, 1.807) is 0 Å². The Morgan fingerprint density at radius 3 is 2.25 bits per heavy atom. The number of alkyl halides is 6. The van der Waals surface area contributed by atoms with Crippen molar-refractivity contribution in [3.05, 3.63) is 0 Å². The predicted molar refractivity (Wildman–Crippen MR) is 52.5 cm³/mol. The lowest BCUT2D eigenvalue weighted by molar-refractivity contribution is -0.398. The molecule has 20 heavy (non-hydrogen) atoms. The molecular weight excluding hydrogens is 318 g/mol. The van der Waals surface area contributed by atoms with Gasteiger partial charge < -0.3 is 4.74 Å². The number of nitrogens with zero attached hydrogens (tertiary/aromatic N) is 2. The molecule has 1 saturated heterocycles. The standard InChI is InChI=1S/C8H4F6N2O3S/c9-7(10,11)6(8(12,13)14)16(2-5(18)19-6)1-4(17)15-3-20/h1-2H2. The summed E-state index contributed by atoms with van der Waals surface area (Å²) in [6, 6.07) is 0. The van der Waals surface area contributed by atoms with Crippen LogP contribution in [0.5, 0.6) is 0 Å². The number of halogens is 6. The van der Waals surface area contributed by atoms with E-state index >= 15 is 0 Å². The minimum atomic E-state index is -5.99. The number of cyclic esters (lactones) is 1. The number of rotatable bonds is 2. The molecule has 0 aromatic rings. The highest BCUT2D eigenvalue weighted by molar-refractivity contribution is 7.78. The predicted octanol–water partition coefficient (Wildman–Crippen LogP) is 1.30. The second-order valence-electron chi connectivity index (χ2n) is 3.57. The van der Waals surface area contributed by atoms with Crippen molar-refractivity contribution < 1.29 is 40.7 Å². The maximum absolute atomic E-state index is 12.8. The lowest BCUT2D eigenvalue weighted by atomic mass is 10.1. The van der Waals surface area contributed by atoms with Crippen molar-refractivity contribution in [2.45, 2.75) is 18.1 Å². The molecule has 5 nitrogen and oxygen atoms in total. The summed E-state index contributed by atoms with van der Waals surface area (Å²) in [5, 5.41) is 1.50. The Balaban J connectivity index is 3.29. The molecule has 0 aromatic heterocycles. The van der Waals surface area contributed by atoms with Crippen LogP contribution in [0.1, 0.15) is 0 Å². The van der Waals surface area contributed by atoms with E-state index in [4.69, 9.17) is 0 Å². The summed E-state index contributed by atoms with van der Waals surface area (Å²) in [4.78, 5) is 24.1. The highest BCUT2D eigenvalue weighted by Gasteiger charge is 2.80. The largest absolute Gasteiger partial charge is 0.453 e. The summed E-state index contributed by atoms with van der Waals surface area (Å²) >= 11 is 4.00. The SMILES string of the molecule is O=C(CN1CC(=O)OC1(C(F)(F)F)C(F)(F)F)N=C=S. The molecule has 0 saturated carbocycles. The molecule has 12 heteroatoms. The fraction of sp³-hybridized carbons (Fsp3) is 0.625. The van der Waals surface area contributed by atoms with Crippen molar-refractivity contribution in [2.75, 3.05) is 13.1 Å². The molecule has 112 valence electrons. The fourth-order valence-corrected chi connectivity index (χ4v) is 1.68. The van der Waals surface area contributed by atoms with Crippen LogP contribution in [0.25, 0.3) is 0 Å². The van der Waals surface area contributed by atoms with Crippen LogP contribution in [0.2, 0.25) is 0 Å². The molecule has 1 rings (SSSR count). The quantitative estimate of drug-likeness (QED) is 0.332. The fourth-order valence-electron chi connectivity index (χ4n) is 1.58. The number of carbonyl (C=O) groups excluding carboxylic acids is 2. The number of isothiocyanates is 1. The van der Waals surface area contributed by atoms with E-state index < -0.39 is 47.9 Å². The van der Waals surface area contributed by atoms with E-state index in [1.807, 2.05) is 0 Å². The van der Waals surface area contributed by atoms with E-state index in [1.165, 1.54) is 5.16 Å². The monoisotopic (exact) mass is 322 g/mol. The summed E-state index contributed by atoms with van der Waals surface area (Å²) in [5.41, 5.74) is -4.87. The third kappa shape index (κ3) is 2.67. The number of amides is 1. The van der Waals surface area contributed by atoms with Gasteiger partial charge in [0.1, 0.15) is 6.54 Å². The summed E-state index contributed by atoms with van der Waals surface area (Å²) in [7, 11) is 0. The maximum Gasteiger partial charge on any atom is 0.453 e. The summed E-state index contributed by atoms with van der Waals surface area (Å²) < 4.78 is 80.0. The van der Waals surface area contributed by atoms with Crippen LogP contribution in [0.15, 0.2) is 4.99 Å². The minimum Gasteiger partial charge on any atom is -0.424 e. The molecule has 1 heterocycles. The zero-order valence-electron chi connectivity index (χ0n) is 9.21. The van der Waals surface area contributed by atoms with Gasteiger partial charge in [0.25, 0.3) is 5.91 Å². The van der Waals surface area contributed by atoms with E-state index in [0.717, 1.165) is 0 Å².